The number of ketones is 1. The van der Waals surface area contributed by atoms with E-state index in [0.29, 0.717) is 6.42 Å². The van der Waals surface area contributed by atoms with Crippen LogP contribution in [0.3, 0.4) is 0 Å². The fourth-order valence-electron chi connectivity index (χ4n) is 2.33. The van der Waals surface area contributed by atoms with Gasteiger partial charge in [-0.1, -0.05) is 0 Å². The van der Waals surface area contributed by atoms with Crippen molar-refractivity contribution in [3.05, 3.63) is 0 Å². The first-order chi connectivity index (χ1) is 9.73. The van der Waals surface area contributed by atoms with Crippen LogP contribution in [-0.2, 0) is 19.2 Å². The van der Waals surface area contributed by atoms with Gasteiger partial charge in [0.2, 0.25) is 11.8 Å². The monoisotopic (exact) mass is 301 g/mol. The average Bonchev–Trinajstić information content (AvgIpc) is 2.75. The van der Waals surface area contributed by atoms with Crippen LogP contribution in [0.1, 0.15) is 26.2 Å². The largest absolute Gasteiger partial charge is 0.481 e. The Morgan fingerprint density at radius 3 is 2.48 bits per heavy atom. The number of hydrogen-bond donors (Lipinski definition) is 4. The Labute approximate surface area is 121 Å². The van der Waals surface area contributed by atoms with E-state index in [2.05, 4.69) is 5.32 Å². The van der Waals surface area contributed by atoms with Crippen molar-refractivity contribution in [2.45, 2.75) is 38.3 Å². The molecule has 1 heterocycles. The van der Waals surface area contributed by atoms with Crippen LogP contribution < -0.4 is 11.1 Å². The molecule has 1 fully saturated rings. The first-order valence-electron chi connectivity index (χ1n) is 6.51. The fraction of sp³-hybridized carbons (Fsp3) is 0.667. The maximum atomic E-state index is 12.1. The van der Waals surface area contributed by atoms with Crippen LogP contribution in [0.5, 0.6) is 0 Å². The van der Waals surface area contributed by atoms with Crippen LogP contribution in [0.4, 0.5) is 0 Å². The average molecular weight is 301 g/mol. The van der Waals surface area contributed by atoms with E-state index in [-0.39, 0.29) is 25.2 Å². The standard InChI is InChI=1S/C12H19N3O6/c1-6(16)7-4-5-15(21)10(7)12(20)14-8(11(13)19)2-3-9(17)18/h7-8,10,21H,2-5H2,1H3,(H2,13,19)(H,14,20)(H,17,18)/t7?,8-,10+/m1/s1. The maximum absolute atomic E-state index is 12.1. The van der Waals surface area contributed by atoms with Crippen molar-refractivity contribution >= 4 is 23.6 Å². The lowest BCUT2D eigenvalue weighted by atomic mass is 9.95. The summed E-state index contributed by atoms with van der Waals surface area (Å²) in [4.78, 5) is 45.3. The Balaban J connectivity index is 2.73. The predicted molar refractivity (Wildman–Crippen MR) is 69.1 cm³/mol. The quantitative estimate of drug-likeness (QED) is 0.446. The highest BCUT2D eigenvalue weighted by Gasteiger charge is 2.42. The highest BCUT2D eigenvalue weighted by molar-refractivity contribution is 5.93. The van der Waals surface area contributed by atoms with E-state index < -0.39 is 35.8 Å². The molecule has 1 unspecified atom stereocenters. The van der Waals surface area contributed by atoms with E-state index in [0.717, 1.165) is 5.06 Å². The Bertz CT molecular complexity index is 452. The molecule has 9 nitrogen and oxygen atoms in total. The van der Waals surface area contributed by atoms with E-state index in [1.165, 1.54) is 6.92 Å². The predicted octanol–water partition coefficient (Wildman–Crippen LogP) is -1.51. The lowest BCUT2D eigenvalue weighted by Gasteiger charge is -2.23. The van der Waals surface area contributed by atoms with E-state index >= 15 is 0 Å². The van der Waals surface area contributed by atoms with Crippen molar-refractivity contribution in [2.75, 3.05) is 6.54 Å². The number of nitrogens with one attached hydrogen (secondary N) is 1. The van der Waals surface area contributed by atoms with Crippen molar-refractivity contribution in [3.8, 4) is 0 Å². The van der Waals surface area contributed by atoms with Crippen LogP contribution in [0.25, 0.3) is 0 Å². The number of carboxylic acids is 1. The van der Waals surface area contributed by atoms with Crippen molar-refractivity contribution in [2.24, 2.45) is 11.7 Å². The van der Waals surface area contributed by atoms with Gasteiger partial charge in [0.1, 0.15) is 17.9 Å². The summed E-state index contributed by atoms with van der Waals surface area (Å²) >= 11 is 0. The van der Waals surface area contributed by atoms with Gasteiger partial charge in [-0.25, -0.2) is 0 Å². The number of nitrogens with zero attached hydrogens (tertiary/aromatic N) is 1. The second-order valence-corrected chi connectivity index (χ2v) is 5.01. The van der Waals surface area contributed by atoms with Crippen LogP contribution in [-0.4, -0.2) is 57.6 Å². The first-order valence-corrected chi connectivity index (χ1v) is 6.51. The van der Waals surface area contributed by atoms with Gasteiger partial charge in [-0.05, 0) is 19.8 Å². The van der Waals surface area contributed by atoms with Gasteiger partial charge < -0.3 is 21.4 Å². The molecule has 1 rings (SSSR count). The summed E-state index contributed by atoms with van der Waals surface area (Å²) in [5.41, 5.74) is 5.11. The van der Waals surface area contributed by atoms with Crippen molar-refractivity contribution in [3.63, 3.8) is 0 Å². The third-order valence-electron chi connectivity index (χ3n) is 3.47. The molecule has 3 atom stereocenters. The number of carbonyl (C=O) groups is 4. The van der Waals surface area contributed by atoms with Crippen molar-refractivity contribution in [1.29, 1.82) is 0 Å². The van der Waals surface area contributed by atoms with Gasteiger partial charge in [0, 0.05) is 18.9 Å². The molecule has 9 heteroatoms. The number of amides is 2. The molecule has 1 aliphatic rings. The highest BCUT2D eigenvalue weighted by Crippen LogP contribution is 2.23. The number of rotatable bonds is 7. The molecule has 118 valence electrons. The second-order valence-electron chi connectivity index (χ2n) is 5.01. The van der Waals surface area contributed by atoms with Crippen LogP contribution in [0.15, 0.2) is 0 Å². The van der Waals surface area contributed by atoms with E-state index in [1.54, 1.807) is 0 Å². The van der Waals surface area contributed by atoms with E-state index in [4.69, 9.17) is 10.8 Å². The first kappa shape index (κ1) is 17.1. The number of carboxylic acid groups (broad SMARTS) is 1. The zero-order valence-corrected chi connectivity index (χ0v) is 11.6. The van der Waals surface area contributed by atoms with Gasteiger partial charge in [0.25, 0.3) is 0 Å². The molecule has 0 aromatic heterocycles. The van der Waals surface area contributed by atoms with Gasteiger partial charge in [-0.15, -0.1) is 0 Å². The molecule has 2 amide bonds. The number of hydrogen-bond acceptors (Lipinski definition) is 6. The number of nitrogens with two attached hydrogens (primary N) is 1. The number of hydroxylamine groups is 2. The Hall–Kier alpha value is -2.00. The molecule has 1 saturated heterocycles. The zero-order chi connectivity index (χ0) is 16.2. The zero-order valence-electron chi connectivity index (χ0n) is 11.6. The molecule has 0 aliphatic carbocycles. The van der Waals surface area contributed by atoms with E-state index in [1.807, 2.05) is 0 Å². The molecular weight excluding hydrogens is 282 g/mol. The van der Waals surface area contributed by atoms with Crippen LogP contribution >= 0.6 is 0 Å². The summed E-state index contributed by atoms with van der Waals surface area (Å²) in [6.07, 6.45) is -0.156. The number of primary amides is 1. The Kier molecular flexibility index (Phi) is 5.79. The summed E-state index contributed by atoms with van der Waals surface area (Å²) < 4.78 is 0. The van der Waals surface area contributed by atoms with Crippen molar-refractivity contribution < 1.29 is 29.5 Å². The minimum absolute atomic E-state index is 0.153. The lowest BCUT2D eigenvalue weighted by molar-refractivity contribution is -0.153. The Morgan fingerprint density at radius 1 is 1.38 bits per heavy atom. The summed E-state index contributed by atoms with van der Waals surface area (Å²) in [7, 11) is 0. The Morgan fingerprint density at radius 2 is 2.00 bits per heavy atom. The molecule has 0 spiro atoms. The SMILES string of the molecule is CC(=O)C1CCN(O)[C@@H]1C(=O)N[C@H](CCC(=O)O)C(N)=O. The summed E-state index contributed by atoms with van der Waals surface area (Å²) in [5.74, 6) is -3.62. The highest BCUT2D eigenvalue weighted by atomic mass is 16.5. The smallest absolute Gasteiger partial charge is 0.303 e. The minimum atomic E-state index is -1.16. The number of carbonyl (C=O) groups excluding carboxylic acids is 3. The summed E-state index contributed by atoms with van der Waals surface area (Å²) in [6, 6.07) is -2.25. The van der Waals surface area contributed by atoms with Crippen LogP contribution in [0, 0.1) is 5.92 Å². The molecule has 0 radical (unpaired) electrons. The van der Waals surface area contributed by atoms with Gasteiger partial charge >= 0.3 is 5.97 Å². The van der Waals surface area contributed by atoms with Crippen LogP contribution in [0.2, 0.25) is 0 Å². The van der Waals surface area contributed by atoms with Gasteiger partial charge in [-0.3, -0.25) is 19.2 Å². The molecule has 1 aliphatic heterocycles. The number of aliphatic carboxylic acids is 1. The summed E-state index contributed by atoms with van der Waals surface area (Å²) in [6.45, 7) is 1.48. The molecule has 21 heavy (non-hydrogen) atoms. The third-order valence-corrected chi connectivity index (χ3v) is 3.47. The molecular formula is C12H19N3O6. The summed E-state index contributed by atoms with van der Waals surface area (Å²) in [5, 5.41) is 21.3. The lowest BCUT2D eigenvalue weighted by Crippen LogP contribution is -2.53. The molecule has 0 aromatic carbocycles. The van der Waals surface area contributed by atoms with E-state index in [9.17, 15) is 24.4 Å². The van der Waals surface area contributed by atoms with Gasteiger partial charge in [0.05, 0.1) is 0 Å². The number of Topliss-reactive ketones (excluding diaryl/α,β-unsaturated/α-hetero) is 1. The topological polar surface area (TPSA) is 150 Å². The van der Waals surface area contributed by atoms with Gasteiger partial charge in [0.15, 0.2) is 0 Å². The molecule has 0 bridgehead atoms. The molecule has 5 N–H and O–H groups in total. The molecule has 0 saturated carbocycles. The fourth-order valence-corrected chi connectivity index (χ4v) is 2.33. The third kappa shape index (κ3) is 4.50. The van der Waals surface area contributed by atoms with Gasteiger partial charge in [-0.2, -0.15) is 5.06 Å². The minimum Gasteiger partial charge on any atom is -0.481 e. The van der Waals surface area contributed by atoms with Crippen molar-refractivity contribution in [1.82, 2.24) is 10.4 Å². The normalized spacial score (nSPS) is 23.5. The second kappa shape index (κ2) is 7.14. The maximum Gasteiger partial charge on any atom is 0.303 e. The molecule has 0 aromatic rings.